The highest BCUT2D eigenvalue weighted by Gasteiger charge is 2.13. The highest BCUT2D eigenvalue weighted by Crippen LogP contribution is 2.14. The van der Waals surface area contributed by atoms with Gasteiger partial charge in [0, 0.05) is 6.20 Å². The van der Waals surface area contributed by atoms with Gasteiger partial charge in [-0.25, -0.2) is 4.98 Å². The van der Waals surface area contributed by atoms with E-state index in [9.17, 15) is 0 Å². The van der Waals surface area contributed by atoms with Gasteiger partial charge in [0.05, 0.1) is 11.1 Å². The molecule has 0 radical (unpaired) electrons. The molecule has 0 aliphatic heterocycles. The van der Waals surface area contributed by atoms with Gasteiger partial charge in [-0.1, -0.05) is 0 Å². The van der Waals surface area contributed by atoms with Crippen molar-refractivity contribution in [3.05, 3.63) is 28.6 Å². The summed E-state index contributed by atoms with van der Waals surface area (Å²) in [5.74, 6) is 0. The Morgan fingerprint density at radius 1 is 0.857 bits per heavy atom. The topological polar surface area (TPSA) is 108 Å². The van der Waals surface area contributed by atoms with E-state index >= 15 is 0 Å². The molecule has 0 bridgehead atoms. The maximum atomic E-state index is 8.69. The summed E-state index contributed by atoms with van der Waals surface area (Å²) in [4.78, 5) is 3.59. The second-order valence-corrected chi connectivity index (χ2v) is 2.22. The van der Waals surface area contributed by atoms with Crippen molar-refractivity contribution in [3.63, 3.8) is 0 Å². The van der Waals surface area contributed by atoms with E-state index in [2.05, 4.69) is 4.98 Å². The molecule has 1 heterocycles. The lowest BCUT2D eigenvalue weighted by Gasteiger charge is -1.97. The zero-order valence-corrected chi connectivity index (χ0v) is 6.81. The van der Waals surface area contributed by atoms with Crippen molar-refractivity contribution in [2.45, 2.75) is 0 Å². The van der Waals surface area contributed by atoms with Gasteiger partial charge in [-0.3, -0.25) is 0 Å². The van der Waals surface area contributed by atoms with E-state index in [4.69, 9.17) is 21.0 Å². The van der Waals surface area contributed by atoms with Crippen LogP contribution in [0.5, 0.6) is 0 Å². The molecule has 0 atom stereocenters. The highest BCUT2D eigenvalue weighted by molar-refractivity contribution is 5.58. The SMILES string of the molecule is N#Cc1cnc(C#N)c(C#N)c1C#N. The van der Waals surface area contributed by atoms with E-state index in [-0.39, 0.29) is 22.4 Å². The first-order valence-corrected chi connectivity index (χ1v) is 3.41. The Kier molecular flexibility index (Phi) is 2.42. The third kappa shape index (κ3) is 1.23. The molecule has 0 unspecified atom stereocenters. The molecule has 0 spiro atoms. The van der Waals surface area contributed by atoms with Gasteiger partial charge in [-0.05, 0) is 0 Å². The molecule has 5 heteroatoms. The van der Waals surface area contributed by atoms with Crippen LogP contribution in [0.4, 0.5) is 0 Å². The first-order chi connectivity index (χ1) is 6.78. The first kappa shape index (κ1) is 9.20. The van der Waals surface area contributed by atoms with E-state index in [1.54, 1.807) is 24.3 Å². The van der Waals surface area contributed by atoms with E-state index in [1.807, 2.05) is 0 Å². The Bertz CT molecular complexity index is 494. The van der Waals surface area contributed by atoms with Crippen molar-refractivity contribution in [2.75, 3.05) is 0 Å². The van der Waals surface area contributed by atoms with Crippen LogP contribution in [0.25, 0.3) is 0 Å². The van der Waals surface area contributed by atoms with Gasteiger partial charge in [0.2, 0.25) is 0 Å². The predicted octanol–water partition coefficient (Wildman–Crippen LogP) is 0.568. The minimum absolute atomic E-state index is 0.00282. The molecule has 0 aromatic carbocycles. The van der Waals surface area contributed by atoms with Crippen molar-refractivity contribution in [3.8, 4) is 24.3 Å². The lowest BCUT2D eigenvalue weighted by atomic mass is 10.0. The van der Waals surface area contributed by atoms with Crippen LogP contribution in [-0.4, -0.2) is 4.98 Å². The molecule has 0 N–H and O–H groups in total. The molecule has 62 valence electrons. The number of rotatable bonds is 0. The molecule has 1 rings (SSSR count). The molecule has 0 amide bonds. The molecule has 1 aromatic heterocycles. The number of hydrogen-bond acceptors (Lipinski definition) is 5. The normalized spacial score (nSPS) is 7.71. The average molecular weight is 179 g/mol. The van der Waals surface area contributed by atoms with Crippen LogP contribution in [0, 0.1) is 45.3 Å². The third-order valence-corrected chi connectivity index (χ3v) is 1.53. The summed E-state index contributed by atoms with van der Waals surface area (Å²) in [6, 6.07) is 6.79. The van der Waals surface area contributed by atoms with Gasteiger partial charge >= 0.3 is 0 Å². The largest absolute Gasteiger partial charge is 0.243 e. The lowest BCUT2D eigenvalue weighted by molar-refractivity contribution is 1.21. The summed E-state index contributed by atoms with van der Waals surface area (Å²) >= 11 is 0. The maximum absolute atomic E-state index is 8.69. The van der Waals surface area contributed by atoms with E-state index in [0.29, 0.717) is 0 Å². The third-order valence-electron chi connectivity index (χ3n) is 1.53. The van der Waals surface area contributed by atoms with Crippen LogP contribution in [0.15, 0.2) is 6.20 Å². The summed E-state index contributed by atoms with van der Waals surface area (Å²) in [7, 11) is 0. The Labute approximate surface area is 79.7 Å². The number of nitrogens with zero attached hydrogens (tertiary/aromatic N) is 5. The average Bonchev–Trinajstić information content (AvgIpc) is 2.26. The van der Waals surface area contributed by atoms with Gasteiger partial charge in [0.25, 0.3) is 0 Å². The number of pyridine rings is 1. The van der Waals surface area contributed by atoms with Crippen LogP contribution in [-0.2, 0) is 0 Å². The van der Waals surface area contributed by atoms with Crippen LogP contribution >= 0.6 is 0 Å². The molecular weight excluding hydrogens is 178 g/mol. The molecule has 5 nitrogen and oxygen atoms in total. The molecule has 0 saturated carbocycles. The van der Waals surface area contributed by atoms with Gasteiger partial charge in [-0.2, -0.15) is 21.0 Å². The molecule has 0 aliphatic rings. The fourth-order valence-electron chi connectivity index (χ4n) is 0.906. The summed E-state index contributed by atoms with van der Waals surface area (Å²) in [6.45, 7) is 0. The molecular formula is C9HN5. The quantitative estimate of drug-likeness (QED) is 0.578. The van der Waals surface area contributed by atoms with Gasteiger partial charge in [0.15, 0.2) is 5.69 Å². The van der Waals surface area contributed by atoms with Crippen molar-refractivity contribution in [2.24, 2.45) is 0 Å². The van der Waals surface area contributed by atoms with Crippen molar-refractivity contribution in [1.82, 2.24) is 4.98 Å². The van der Waals surface area contributed by atoms with Gasteiger partial charge in [-0.15, -0.1) is 0 Å². The Morgan fingerprint density at radius 3 is 1.93 bits per heavy atom. The smallest absolute Gasteiger partial charge is 0.159 e. The van der Waals surface area contributed by atoms with Crippen LogP contribution in [0.3, 0.4) is 0 Å². The zero-order valence-electron chi connectivity index (χ0n) is 6.81. The van der Waals surface area contributed by atoms with Crippen molar-refractivity contribution >= 4 is 0 Å². The zero-order chi connectivity index (χ0) is 10.6. The van der Waals surface area contributed by atoms with Crippen LogP contribution in [0.2, 0.25) is 0 Å². The molecule has 14 heavy (non-hydrogen) atoms. The van der Waals surface area contributed by atoms with Crippen LogP contribution in [0.1, 0.15) is 22.4 Å². The van der Waals surface area contributed by atoms with E-state index in [0.717, 1.165) is 6.20 Å². The molecule has 1 aromatic rings. The summed E-state index contributed by atoms with van der Waals surface area (Å²) in [6.07, 6.45) is 1.11. The predicted molar refractivity (Wildman–Crippen MR) is 43.1 cm³/mol. The first-order valence-electron chi connectivity index (χ1n) is 3.41. The second-order valence-electron chi connectivity index (χ2n) is 2.22. The fourth-order valence-corrected chi connectivity index (χ4v) is 0.906. The Morgan fingerprint density at radius 2 is 1.50 bits per heavy atom. The van der Waals surface area contributed by atoms with Crippen LogP contribution < -0.4 is 0 Å². The van der Waals surface area contributed by atoms with Crippen molar-refractivity contribution < 1.29 is 0 Å². The second kappa shape index (κ2) is 3.68. The van der Waals surface area contributed by atoms with Gasteiger partial charge in [0.1, 0.15) is 29.8 Å². The van der Waals surface area contributed by atoms with E-state index in [1.165, 1.54) is 0 Å². The standard InChI is InChI=1S/C9HN5/c10-1-6-5-14-9(4-13)8(3-12)7(6)2-11/h5H. The van der Waals surface area contributed by atoms with E-state index < -0.39 is 0 Å². The summed E-state index contributed by atoms with van der Waals surface area (Å²) in [5, 5.41) is 34.5. The minimum atomic E-state index is -0.144. The molecule has 0 fully saturated rings. The Balaban J connectivity index is 3.70. The molecule has 0 aliphatic carbocycles. The number of hydrogen-bond donors (Lipinski definition) is 0. The minimum Gasteiger partial charge on any atom is -0.243 e. The Hall–Kier alpha value is -2.89. The maximum Gasteiger partial charge on any atom is 0.159 e. The fraction of sp³-hybridized carbons (Fsp3) is 0. The molecule has 0 saturated heterocycles. The monoisotopic (exact) mass is 179 g/mol. The van der Waals surface area contributed by atoms with Crippen molar-refractivity contribution in [1.29, 1.82) is 21.0 Å². The number of aromatic nitrogens is 1. The highest BCUT2D eigenvalue weighted by atomic mass is 14.7. The summed E-state index contributed by atoms with van der Waals surface area (Å²) in [5.41, 5.74) is -0.373. The summed E-state index contributed by atoms with van der Waals surface area (Å²) < 4.78 is 0. The van der Waals surface area contributed by atoms with Gasteiger partial charge < -0.3 is 0 Å². The lowest BCUT2D eigenvalue weighted by Crippen LogP contribution is -1.97. The number of nitriles is 4.